The first-order valence-corrected chi connectivity index (χ1v) is 15.7. The second-order valence-electron chi connectivity index (χ2n) is 13.4. The van der Waals surface area contributed by atoms with Crippen molar-refractivity contribution in [3.05, 3.63) is 71.6 Å². The van der Waals surface area contributed by atoms with Crippen molar-refractivity contribution in [2.24, 2.45) is 0 Å². The van der Waals surface area contributed by atoms with Crippen LogP contribution in [0, 0.1) is 5.82 Å². The fraction of sp³-hybridized carbons (Fsp3) is 0.469. The van der Waals surface area contributed by atoms with Crippen LogP contribution in [-0.2, 0) is 32.3 Å². The number of carbonyl (C=O) groups excluding carboxylic acids is 3. The van der Waals surface area contributed by atoms with Crippen LogP contribution in [0.2, 0.25) is 0 Å². The van der Waals surface area contributed by atoms with Gasteiger partial charge in [-0.15, -0.1) is 0 Å². The zero-order chi connectivity index (χ0) is 36.7. The summed E-state index contributed by atoms with van der Waals surface area (Å²) in [5.41, 5.74) is -5.90. The van der Waals surface area contributed by atoms with E-state index in [1.807, 2.05) is 0 Å². The van der Waals surface area contributed by atoms with E-state index in [0.29, 0.717) is 11.4 Å². The maximum absolute atomic E-state index is 15.7. The zero-order valence-electron chi connectivity index (χ0n) is 26.7. The van der Waals surface area contributed by atoms with Crippen molar-refractivity contribution in [2.45, 2.75) is 54.5 Å². The monoisotopic (exact) mass is 727 g/mol. The van der Waals surface area contributed by atoms with E-state index >= 15 is 8.78 Å². The molecule has 1 aromatic carbocycles. The van der Waals surface area contributed by atoms with Gasteiger partial charge < -0.3 is 19.9 Å². The summed E-state index contributed by atoms with van der Waals surface area (Å²) in [5, 5.41) is 6.30. The maximum Gasteiger partial charge on any atom is 0.416 e. The van der Waals surface area contributed by atoms with Crippen LogP contribution in [0.1, 0.15) is 35.7 Å². The first-order chi connectivity index (χ1) is 23.9. The summed E-state index contributed by atoms with van der Waals surface area (Å²) in [6.07, 6.45) is -2.88. The van der Waals surface area contributed by atoms with Gasteiger partial charge in [0.1, 0.15) is 18.4 Å². The highest BCUT2D eigenvalue weighted by molar-refractivity contribution is 6.10. The van der Waals surface area contributed by atoms with Crippen LogP contribution >= 0.6 is 0 Å². The highest BCUT2D eigenvalue weighted by Crippen LogP contribution is 2.54. The summed E-state index contributed by atoms with van der Waals surface area (Å²) < 4.78 is 123. The summed E-state index contributed by atoms with van der Waals surface area (Å²) in [5.74, 6) is -10.2. The molecule has 0 bridgehead atoms. The molecule has 3 aromatic rings. The molecule has 4 aliphatic rings. The fourth-order valence-corrected chi connectivity index (χ4v) is 7.20. The second-order valence-corrected chi connectivity index (χ2v) is 13.4. The van der Waals surface area contributed by atoms with Crippen LogP contribution in [0.25, 0.3) is 11.1 Å². The number of hydrogen-bond acceptors (Lipinski definition) is 7. The molecule has 3 saturated heterocycles. The van der Waals surface area contributed by atoms with Crippen molar-refractivity contribution in [1.82, 2.24) is 34.8 Å². The van der Waals surface area contributed by atoms with E-state index in [9.17, 15) is 40.7 Å². The molecule has 11 nitrogen and oxygen atoms in total. The number of fused-ring (bicyclic) bond motifs is 2. The number of piperidine rings is 1. The molecular formula is C32H29F8N7O4. The lowest BCUT2D eigenvalue weighted by atomic mass is 9.90. The van der Waals surface area contributed by atoms with Crippen molar-refractivity contribution in [3.63, 3.8) is 0 Å². The summed E-state index contributed by atoms with van der Waals surface area (Å²) in [4.78, 5) is 46.4. The van der Waals surface area contributed by atoms with Crippen LogP contribution < -0.4 is 5.32 Å². The molecule has 51 heavy (non-hydrogen) atoms. The van der Waals surface area contributed by atoms with E-state index in [1.54, 1.807) is 7.05 Å². The molecule has 1 aliphatic carbocycles. The molecule has 1 unspecified atom stereocenters. The molecule has 5 heterocycles. The Morgan fingerprint density at radius 2 is 1.80 bits per heavy atom. The van der Waals surface area contributed by atoms with E-state index in [1.165, 1.54) is 29.4 Å². The lowest BCUT2D eigenvalue weighted by Gasteiger charge is -2.50. The highest BCUT2D eigenvalue weighted by Gasteiger charge is 2.67. The van der Waals surface area contributed by atoms with E-state index in [4.69, 9.17) is 4.74 Å². The number of pyridine rings is 1. The van der Waals surface area contributed by atoms with E-state index < -0.39 is 104 Å². The van der Waals surface area contributed by atoms with Crippen molar-refractivity contribution >= 4 is 17.8 Å². The lowest BCUT2D eigenvalue weighted by molar-refractivity contribution is -0.302. The number of halogens is 8. The minimum atomic E-state index is -5.03. The van der Waals surface area contributed by atoms with Gasteiger partial charge in [-0.25, -0.2) is 26.7 Å². The molecule has 1 spiro atoms. The zero-order valence-corrected chi connectivity index (χ0v) is 26.7. The van der Waals surface area contributed by atoms with Gasteiger partial charge in [-0.05, 0) is 42.8 Å². The van der Waals surface area contributed by atoms with Gasteiger partial charge in [-0.1, -0.05) is 12.1 Å². The normalized spacial score (nSPS) is 25.1. The molecule has 7 rings (SSSR count). The van der Waals surface area contributed by atoms with Crippen LogP contribution in [-0.4, -0.2) is 105 Å². The Kier molecular flexibility index (Phi) is 7.97. The predicted octanol–water partition coefficient (Wildman–Crippen LogP) is 4.20. The molecule has 4 amide bonds. The van der Waals surface area contributed by atoms with Crippen LogP contribution in [0.3, 0.4) is 0 Å². The van der Waals surface area contributed by atoms with E-state index in [0.717, 1.165) is 29.1 Å². The molecule has 0 radical (unpaired) electrons. The highest BCUT2D eigenvalue weighted by atomic mass is 19.4. The molecule has 272 valence electrons. The summed E-state index contributed by atoms with van der Waals surface area (Å²) in [6, 6.07) is 3.03. The van der Waals surface area contributed by atoms with Crippen molar-refractivity contribution in [3.8, 4) is 11.1 Å². The third-order valence-corrected chi connectivity index (χ3v) is 9.97. The first kappa shape index (κ1) is 34.8. The van der Waals surface area contributed by atoms with E-state index in [2.05, 4.69) is 15.4 Å². The summed E-state index contributed by atoms with van der Waals surface area (Å²) in [6.45, 7) is -4.06. The Morgan fingerprint density at radius 3 is 2.43 bits per heavy atom. The third kappa shape index (κ3) is 5.60. The standard InChI is InChI=1S/C32H29F8N7O4/c1-44-7-6-24(31(36,37)15-44)47-11-19(9-42-47)18-2-5-22-23(8-18)30(34,35)14-29(22)26(49)45(27(50)43-29)13-25(48)46(12-21-4-3-20(33)10-41-21)28(16-51-17-28)32(38,39)40/h2-5,8-11,24H,6-7,12-17H2,1H3,(H,43,50)/t24?,29-/m0/s1. The van der Waals surface area contributed by atoms with Gasteiger partial charge in [0, 0.05) is 23.9 Å². The Bertz CT molecular complexity index is 1900. The number of aromatic nitrogens is 3. The van der Waals surface area contributed by atoms with Crippen molar-refractivity contribution < 1.29 is 54.2 Å². The number of rotatable bonds is 7. The predicted molar refractivity (Wildman–Crippen MR) is 159 cm³/mol. The van der Waals surface area contributed by atoms with Gasteiger partial charge in [0.15, 0.2) is 11.1 Å². The van der Waals surface area contributed by atoms with Gasteiger partial charge >= 0.3 is 12.2 Å². The van der Waals surface area contributed by atoms with Crippen molar-refractivity contribution in [2.75, 3.05) is 39.9 Å². The molecule has 3 fully saturated rings. The molecular weight excluding hydrogens is 698 g/mol. The van der Waals surface area contributed by atoms with Gasteiger partial charge in [-0.2, -0.15) is 18.3 Å². The second kappa shape index (κ2) is 11.7. The fourth-order valence-electron chi connectivity index (χ4n) is 7.20. The largest absolute Gasteiger partial charge is 0.416 e. The average Bonchev–Trinajstić information content (AvgIpc) is 3.65. The van der Waals surface area contributed by atoms with Gasteiger partial charge in [0.2, 0.25) is 5.91 Å². The van der Waals surface area contributed by atoms with Crippen LogP contribution in [0.15, 0.2) is 48.9 Å². The number of benzene rings is 1. The number of amides is 4. The Hall–Kier alpha value is -4.65. The molecule has 3 aliphatic heterocycles. The minimum Gasteiger partial charge on any atom is -0.376 e. The Balaban J connectivity index is 1.16. The van der Waals surface area contributed by atoms with Gasteiger partial charge in [0.25, 0.3) is 17.8 Å². The number of imide groups is 1. The number of hydrogen-bond donors (Lipinski definition) is 1. The molecule has 0 saturated carbocycles. The molecule has 19 heteroatoms. The summed E-state index contributed by atoms with van der Waals surface area (Å²) >= 11 is 0. The smallest absolute Gasteiger partial charge is 0.376 e. The minimum absolute atomic E-state index is 0.0993. The number of urea groups is 1. The quantitative estimate of drug-likeness (QED) is 0.287. The Labute approximate surface area is 284 Å². The van der Waals surface area contributed by atoms with Crippen LogP contribution in [0.5, 0.6) is 0 Å². The number of ether oxygens (including phenoxy) is 1. The van der Waals surface area contributed by atoms with Crippen molar-refractivity contribution in [1.29, 1.82) is 0 Å². The average molecular weight is 728 g/mol. The number of alkyl halides is 7. The molecule has 2 aromatic heterocycles. The number of nitrogens with zero attached hydrogens (tertiary/aromatic N) is 6. The lowest BCUT2D eigenvalue weighted by Crippen LogP contribution is -2.72. The van der Waals surface area contributed by atoms with Gasteiger partial charge in [0.05, 0.1) is 50.8 Å². The summed E-state index contributed by atoms with van der Waals surface area (Å²) in [7, 11) is 1.57. The number of likely N-dealkylation sites (tertiary alicyclic amines) is 1. The third-order valence-electron chi connectivity index (χ3n) is 9.97. The maximum atomic E-state index is 15.7. The van der Waals surface area contributed by atoms with Gasteiger partial charge in [-0.3, -0.25) is 24.2 Å². The number of nitrogens with one attached hydrogen (secondary N) is 1. The van der Waals surface area contributed by atoms with E-state index in [-0.39, 0.29) is 33.7 Å². The topological polar surface area (TPSA) is 113 Å². The molecule has 2 atom stereocenters. The molecule has 1 N–H and O–H groups in total. The first-order valence-electron chi connectivity index (χ1n) is 15.7. The Morgan fingerprint density at radius 1 is 1.06 bits per heavy atom. The number of carbonyl (C=O) groups is 3. The van der Waals surface area contributed by atoms with Crippen LogP contribution in [0.4, 0.5) is 39.9 Å². The SMILES string of the molecule is CN1CCC(n2cc(-c3ccc4c(c3)C(F)(F)C[C@]43NC(=O)N(CC(=O)N(Cc4ccc(F)cn4)C4(C(F)(F)F)COC4)C3=O)cn2)C(F)(F)C1.